The van der Waals surface area contributed by atoms with E-state index >= 15 is 0 Å². The van der Waals surface area contributed by atoms with E-state index < -0.39 is 5.82 Å². The second-order valence-electron chi connectivity index (χ2n) is 4.50. The molecule has 110 valence electrons. The van der Waals surface area contributed by atoms with Gasteiger partial charge in [0.05, 0.1) is 18.0 Å². The Balaban J connectivity index is 2.28. The number of hydrogen-bond donors (Lipinski definition) is 1. The highest BCUT2D eigenvalue weighted by molar-refractivity contribution is 6.06. The Labute approximate surface area is 122 Å². The van der Waals surface area contributed by atoms with Crippen LogP contribution in [0.4, 0.5) is 15.8 Å². The number of rotatable bonds is 4. The average molecular weight is 288 g/mol. The maximum Gasteiger partial charge on any atom is 0.258 e. The summed E-state index contributed by atoms with van der Waals surface area (Å²) in [6.45, 7) is 2.34. The van der Waals surface area contributed by atoms with Crippen molar-refractivity contribution in [1.29, 1.82) is 0 Å². The molecule has 21 heavy (non-hydrogen) atoms. The Morgan fingerprint density at radius 1 is 1.29 bits per heavy atom. The molecule has 1 amide bonds. The maximum absolute atomic E-state index is 13.7. The molecule has 0 aliphatic rings. The molecule has 0 saturated carbocycles. The molecule has 2 rings (SSSR count). The molecule has 5 heteroatoms. The number of amides is 1. The summed E-state index contributed by atoms with van der Waals surface area (Å²) in [6, 6.07) is 10.9. The Morgan fingerprint density at radius 3 is 2.62 bits per heavy atom. The zero-order valence-electron chi connectivity index (χ0n) is 12.0. The number of halogens is 1. The number of para-hydroxylation sites is 1. The predicted octanol–water partition coefficient (Wildman–Crippen LogP) is 3.08. The van der Waals surface area contributed by atoms with Gasteiger partial charge in [0.1, 0.15) is 11.6 Å². The number of hydrogen-bond acceptors (Lipinski definition) is 3. The van der Waals surface area contributed by atoms with Crippen LogP contribution in [0.5, 0.6) is 5.75 Å². The van der Waals surface area contributed by atoms with E-state index in [4.69, 9.17) is 10.5 Å². The lowest BCUT2D eigenvalue weighted by Gasteiger charge is -2.18. The lowest BCUT2D eigenvalue weighted by molar-refractivity contribution is 0.0992. The summed E-state index contributed by atoms with van der Waals surface area (Å²) < 4.78 is 19.0. The smallest absolute Gasteiger partial charge is 0.258 e. The number of carbonyl (C=O) groups excluding carboxylic acids is 1. The van der Waals surface area contributed by atoms with Crippen molar-refractivity contribution < 1.29 is 13.9 Å². The topological polar surface area (TPSA) is 55.6 Å². The summed E-state index contributed by atoms with van der Waals surface area (Å²) in [5, 5.41) is 0. The minimum absolute atomic E-state index is 0.218. The van der Waals surface area contributed by atoms with E-state index in [1.807, 2.05) is 6.92 Å². The molecule has 0 aliphatic heterocycles. The molecule has 4 nitrogen and oxygen atoms in total. The van der Waals surface area contributed by atoms with Crippen molar-refractivity contribution in [2.75, 3.05) is 24.3 Å². The van der Waals surface area contributed by atoms with E-state index in [-0.39, 0.29) is 11.6 Å². The van der Waals surface area contributed by atoms with Gasteiger partial charge in [-0.2, -0.15) is 0 Å². The van der Waals surface area contributed by atoms with Crippen molar-refractivity contribution in [3.05, 3.63) is 53.8 Å². The summed E-state index contributed by atoms with van der Waals surface area (Å²) in [6.07, 6.45) is 0. The zero-order valence-corrected chi connectivity index (χ0v) is 12.0. The van der Waals surface area contributed by atoms with Gasteiger partial charge in [-0.1, -0.05) is 12.1 Å². The summed E-state index contributed by atoms with van der Waals surface area (Å²) in [7, 11) is 1.52. The molecular formula is C16H17FN2O2. The van der Waals surface area contributed by atoms with E-state index in [1.165, 1.54) is 24.1 Å². The van der Waals surface area contributed by atoms with Crippen LogP contribution in [0.25, 0.3) is 0 Å². The molecular weight excluding hydrogens is 271 g/mol. The second-order valence-corrected chi connectivity index (χ2v) is 4.50. The van der Waals surface area contributed by atoms with E-state index in [1.54, 1.807) is 30.3 Å². The lowest BCUT2D eigenvalue weighted by atomic mass is 10.1. The zero-order chi connectivity index (χ0) is 15.4. The average Bonchev–Trinajstić information content (AvgIpc) is 2.48. The minimum atomic E-state index is -0.452. The molecule has 0 fully saturated rings. The van der Waals surface area contributed by atoms with Gasteiger partial charge in [0.25, 0.3) is 5.91 Å². The molecule has 0 aliphatic carbocycles. The SMILES string of the molecule is CCOc1ccc(C(=O)N(C)c2ccccc2F)cc1N. The van der Waals surface area contributed by atoms with Gasteiger partial charge in [-0.25, -0.2) is 4.39 Å². The van der Waals surface area contributed by atoms with E-state index in [2.05, 4.69) is 0 Å². The van der Waals surface area contributed by atoms with Crippen molar-refractivity contribution in [3.63, 3.8) is 0 Å². The van der Waals surface area contributed by atoms with Crippen LogP contribution in [0.15, 0.2) is 42.5 Å². The first-order chi connectivity index (χ1) is 10.0. The molecule has 2 aromatic rings. The fraction of sp³-hybridized carbons (Fsp3) is 0.188. The molecule has 2 aromatic carbocycles. The van der Waals surface area contributed by atoms with Gasteiger partial charge in [0, 0.05) is 12.6 Å². The largest absolute Gasteiger partial charge is 0.492 e. The Kier molecular flexibility index (Phi) is 4.42. The molecule has 0 saturated heterocycles. The van der Waals surface area contributed by atoms with Crippen LogP contribution in [-0.4, -0.2) is 19.6 Å². The summed E-state index contributed by atoms with van der Waals surface area (Å²) in [5.74, 6) is -0.260. The molecule has 0 radical (unpaired) electrons. The number of nitrogens with two attached hydrogens (primary N) is 1. The minimum Gasteiger partial charge on any atom is -0.492 e. The van der Waals surface area contributed by atoms with Gasteiger partial charge in [0.2, 0.25) is 0 Å². The Hall–Kier alpha value is -2.56. The van der Waals surface area contributed by atoms with Crippen LogP contribution in [-0.2, 0) is 0 Å². The van der Waals surface area contributed by atoms with Gasteiger partial charge < -0.3 is 15.4 Å². The summed E-state index contributed by atoms with van der Waals surface area (Å²) in [4.78, 5) is 13.6. The lowest BCUT2D eigenvalue weighted by Crippen LogP contribution is -2.27. The van der Waals surface area contributed by atoms with Crippen LogP contribution < -0.4 is 15.4 Å². The summed E-state index contributed by atoms with van der Waals surface area (Å²) in [5.41, 5.74) is 6.82. The van der Waals surface area contributed by atoms with E-state index in [9.17, 15) is 9.18 Å². The van der Waals surface area contributed by atoms with Crippen LogP contribution in [0, 0.1) is 5.82 Å². The maximum atomic E-state index is 13.7. The summed E-state index contributed by atoms with van der Waals surface area (Å²) >= 11 is 0. The van der Waals surface area contributed by atoms with Gasteiger partial charge in [-0.05, 0) is 37.3 Å². The van der Waals surface area contributed by atoms with Crippen LogP contribution in [0.3, 0.4) is 0 Å². The van der Waals surface area contributed by atoms with Crippen LogP contribution in [0.2, 0.25) is 0 Å². The second kappa shape index (κ2) is 6.26. The molecule has 0 atom stereocenters. The highest BCUT2D eigenvalue weighted by Gasteiger charge is 2.17. The first-order valence-corrected chi connectivity index (χ1v) is 6.59. The highest BCUT2D eigenvalue weighted by atomic mass is 19.1. The molecule has 0 unspecified atom stereocenters. The van der Waals surface area contributed by atoms with Crippen molar-refractivity contribution in [2.24, 2.45) is 0 Å². The van der Waals surface area contributed by atoms with E-state index in [0.29, 0.717) is 23.6 Å². The third-order valence-electron chi connectivity index (χ3n) is 3.08. The van der Waals surface area contributed by atoms with Crippen molar-refractivity contribution in [1.82, 2.24) is 0 Å². The molecule has 0 aromatic heterocycles. The predicted molar refractivity (Wildman–Crippen MR) is 81.2 cm³/mol. The monoisotopic (exact) mass is 288 g/mol. The fourth-order valence-electron chi connectivity index (χ4n) is 2.00. The van der Waals surface area contributed by atoms with Crippen LogP contribution in [0.1, 0.15) is 17.3 Å². The Bertz CT molecular complexity index is 658. The van der Waals surface area contributed by atoms with Gasteiger partial charge in [-0.3, -0.25) is 4.79 Å². The van der Waals surface area contributed by atoms with Crippen LogP contribution >= 0.6 is 0 Å². The van der Waals surface area contributed by atoms with Gasteiger partial charge in [0.15, 0.2) is 0 Å². The molecule has 0 spiro atoms. The van der Waals surface area contributed by atoms with Crippen molar-refractivity contribution in [2.45, 2.75) is 6.92 Å². The number of nitrogen functional groups attached to an aromatic ring is 1. The van der Waals surface area contributed by atoms with Gasteiger partial charge >= 0.3 is 0 Å². The number of carbonyl (C=O) groups is 1. The molecule has 2 N–H and O–H groups in total. The van der Waals surface area contributed by atoms with Gasteiger partial charge in [-0.15, -0.1) is 0 Å². The third kappa shape index (κ3) is 3.13. The number of anilines is 2. The Morgan fingerprint density at radius 2 is 2.00 bits per heavy atom. The van der Waals surface area contributed by atoms with Crippen molar-refractivity contribution >= 4 is 17.3 Å². The molecule has 0 bridgehead atoms. The standard InChI is InChI=1S/C16H17FN2O2/c1-3-21-15-9-8-11(10-13(15)18)16(20)19(2)14-7-5-4-6-12(14)17/h4-10H,3,18H2,1-2H3. The normalized spacial score (nSPS) is 10.2. The number of ether oxygens (including phenoxy) is 1. The van der Waals surface area contributed by atoms with Crippen molar-refractivity contribution in [3.8, 4) is 5.75 Å². The number of nitrogens with zero attached hydrogens (tertiary/aromatic N) is 1. The fourth-order valence-corrected chi connectivity index (χ4v) is 2.00. The number of benzene rings is 2. The highest BCUT2D eigenvalue weighted by Crippen LogP contribution is 2.25. The third-order valence-corrected chi connectivity index (χ3v) is 3.08. The quantitative estimate of drug-likeness (QED) is 0.880. The first-order valence-electron chi connectivity index (χ1n) is 6.59. The molecule has 0 heterocycles. The first kappa shape index (κ1) is 14.8. The van der Waals surface area contributed by atoms with E-state index in [0.717, 1.165) is 0 Å².